The molecule has 0 saturated heterocycles. The molecule has 0 aliphatic heterocycles. The van der Waals surface area contributed by atoms with E-state index in [2.05, 4.69) is 17.6 Å². The van der Waals surface area contributed by atoms with Crippen molar-refractivity contribution in [3.05, 3.63) is 0 Å². The molecule has 124 valence electrons. The van der Waals surface area contributed by atoms with E-state index < -0.39 is 6.04 Å². The van der Waals surface area contributed by atoms with Crippen molar-refractivity contribution >= 4 is 11.8 Å². The molecule has 0 spiro atoms. The molecule has 0 heterocycles. The fourth-order valence-electron chi connectivity index (χ4n) is 2.16. The quantitative estimate of drug-likeness (QED) is 0.511. The minimum atomic E-state index is -0.432. The summed E-state index contributed by atoms with van der Waals surface area (Å²) >= 11 is 0. The van der Waals surface area contributed by atoms with Gasteiger partial charge in [-0.3, -0.25) is 9.59 Å². The Kier molecular flexibility index (Phi) is 13.2. The summed E-state index contributed by atoms with van der Waals surface area (Å²) in [6.45, 7) is 6.72. The molecule has 4 heteroatoms. The van der Waals surface area contributed by atoms with Crippen LogP contribution < -0.4 is 10.6 Å². The van der Waals surface area contributed by atoms with Crippen molar-refractivity contribution < 1.29 is 9.59 Å². The standard InChI is InChI=1S/C17H34N2O2/c1-4-6-8-9-10-11-12-14-18-17(21)15(3)19-16(20)13-7-5-2/h15H,4-14H2,1-3H3,(H,18,21)(H,19,20). The number of unbranched alkanes of at least 4 members (excludes halogenated alkanes) is 7. The van der Waals surface area contributed by atoms with Crippen LogP contribution in [-0.2, 0) is 9.59 Å². The zero-order valence-corrected chi connectivity index (χ0v) is 14.2. The number of amides is 2. The van der Waals surface area contributed by atoms with E-state index in [1.54, 1.807) is 6.92 Å². The van der Waals surface area contributed by atoms with Gasteiger partial charge in [0.2, 0.25) is 11.8 Å². The summed E-state index contributed by atoms with van der Waals surface area (Å²) < 4.78 is 0. The molecule has 0 aromatic carbocycles. The average molecular weight is 298 g/mol. The molecule has 0 aliphatic rings. The van der Waals surface area contributed by atoms with Gasteiger partial charge >= 0.3 is 0 Å². The van der Waals surface area contributed by atoms with Crippen LogP contribution in [0.2, 0.25) is 0 Å². The van der Waals surface area contributed by atoms with Gasteiger partial charge in [0.1, 0.15) is 6.04 Å². The number of hydrogen-bond donors (Lipinski definition) is 2. The number of nitrogens with one attached hydrogen (secondary N) is 2. The van der Waals surface area contributed by atoms with E-state index in [-0.39, 0.29) is 11.8 Å². The molecule has 21 heavy (non-hydrogen) atoms. The van der Waals surface area contributed by atoms with Gasteiger partial charge in [-0.2, -0.15) is 0 Å². The first-order chi connectivity index (χ1) is 10.1. The molecule has 2 amide bonds. The SMILES string of the molecule is CCCCCCCCCNC(=O)C(C)NC(=O)CCCC. The predicted octanol–water partition coefficient (Wildman–Crippen LogP) is 3.55. The molecule has 4 nitrogen and oxygen atoms in total. The Bertz CT molecular complexity index is 280. The molecular formula is C17H34N2O2. The third kappa shape index (κ3) is 12.4. The molecule has 0 saturated carbocycles. The van der Waals surface area contributed by atoms with Crippen LogP contribution in [0.1, 0.15) is 85.0 Å². The monoisotopic (exact) mass is 298 g/mol. The Balaban J connectivity index is 3.53. The molecular weight excluding hydrogens is 264 g/mol. The molecule has 0 aliphatic carbocycles. The Morgan fingerprint density at radius 2 is 1.43 bits per heavy atom. The lowest BCUT2D eigenvalue weighted by Crippen LogP contribution is -2.45. The Morgan fingerprint density at radius 3 is 2.05 bits per heavy atom. The van der Waals surface area contributed by atoms with E-state index in [9.17, 15) is 9.59 Å². The number of hydrogen-bond acceptors (Lipinski definition) is 2. The Labute approximate surface area is 130 Å². The minimum absolute atomic E-state index is 0.0320. The lowest BCUT2D eigenvalue weighted by atomic mass is 10.1. The minimum Gasteiger partial charge on any atom is -0.354 e. The van der Waals surface area contributed by atoms with Gasteiger partial charge in [-0.25, -0.2) is 0 Å². The van der Waals surface area contributed by atoms with Gasteiger partial charge in [-0.15, -0.1) is 0 Å². The largest absolute Gasteiger partial charge is 0.354 e. The molecule has 0 aromatic heterocycles. The summed E-state index contributed by atoms with van der Waals surface area (Å²) in [6.07, 6.45) is 11.0. The number of rotatable bonds is 13. The summed E-state index contributed by atoms with van der Waals surface area (Å²) in [5.41, 5.74) is 0. The van der Waals surface area contributed by atoms with Crippen LogP contribution in [0.5, 0.6) is 0 Å². The first kappa shape index (κ1) is 19.9. The summed E-state index contributed by atoms with van der Waals surface area (Å²) in [5, 5.41) is 5.63. The van der Waals surface area contributed by atoms with Gasteiger partial charge < -0.3 is 10.6 Å². The number of carbonyl (C=O) groups is 2. The van der Waals surface area contributed by atoms with E-state index in [0.717, 1.165) is 19.3 Å². The molecule has 0 fully saturated rings. The average Bonchev–Trinajstić information content (AvgIpc) is 2.47. The van der Waals surface area contributed by atoms with Crippen molar-refractivity contribution in [1.82, 2.24) is 10.6 Å². The Hall–Kier alpha value is -1.06. The van der Waals surface area contributed by atoms with Gasteiger partial charge in [0, 0.05) is 13.0 Å². The fraction of sp³-hybridized carbons (Fsp3) is 0.882. The lowest BCUT2D eigenvalue weighted by molar-refractivity contribution is -0.128. The van der Waals surface area contributed by atoms with Crippen molar-refractivity contribution in [2.75, 3.05) is 6.54 Å². The highest BCUT2D eigenvalue weighted by Gasteiger charge is 2.14. The van der Waals surface area contributed by atoms with E-state index >= 15 is 0 Å². The van der Waals surface area contributed by atoms with Crippen molar-refractivity contribution in [1.29, 1.82) is 0 Å². The van der Waals surface area contributed by atoms with Gasteiger partial charge in [0.15, 0.2) is 0 Å². The molecule has 0 rings (SSSR count). The maximum atomic E-state index is 11.8. The summed E-state index contributed by atoms with van der Waals surface area (Å²) in [7, 11) is 0. The predicted molar refractivity (Wildman–Crippen MR) is 88.1 cm³/mol. The summed E-state index contributed by atoms with van der Waals surface area (Å²) in [5.74, 6) is -0.110. The van der Waals surface area contributed by atoms with Crippen LogP contribution >= 0.6 is 0 Å². The highest BCUT2D eigenvalue weighted by atomic mass is 16.2. The molecule has 1 atom stereocenters. The van der Waals surface area contributed by atoms with E-state index in [4.69, 9.17) is 0 Å². The van der Waals surface area contributed by atoms with Crippen LogP contribution in [0.15, 0.2) is 0 Å². The van der Waals surface area contributed by atoms with Crippen LogP contribution in [0.3, 0.4) is 0 Å². The van der Waals surface area contributed by atoms with Crippen molar-refractivity contribution in [2.45, 2.75) is 91.0 Å². The summed E-state index contributed by atoms with van der Waals surface area (Å²) in [6, 6.07) is -0.432. The van der Waals surface area contributed by atoms with Gasteiger partial charge in [0.25, 0.3) is 0 Å². The maximum absolute atomic E-state index is 11.8. The third-order valence-electron chi connectivity index (χ3n) is 3.61. The molecule has 0 aromatic rings. The normalized spacial score (nSPS) is 12.0. The second-order valence-corrected chi connectivity index (χ2v) is 5.81. The second-order valence-electron chi connectivity index (χ2n) is 5.81. The maximum Gasteiger partial charge on any atom is 0.242 e. The molecule has 0 bridgehead atoms. The molecule has 1 unspecified atom stereocenters. The van der Waals surface area contributed by atoms with Crippen LogP contribution in [0.4, 0.5) is 0 Å². The van der Waals surface area contributed by atoms with E-state index in [0.29, 0.717) is 13.0 Å². The van der Waals surface area contributed by atoms with Crippen LogP contribution in [-0.4, -0.2) is 24.4 Å². The fourth-order valence-corrected chi connectivity index (χ4v) is 2.16. The van der Waals surface area contributed by atoms with Crippen molar-refractivity contribution in [3.8, 4) is 0 Å². The second kappa shape index (κ2) is 13.9. The number of carbonyl (C=O) groups excluding carboxylic acids is 2. The highest BCUT2D eigenvalue weighted by Crippen LogP contribution is 2.06. The zero-order chi connectivity index (χ0) is 15.9. The first-order valence-electron chi connectivity index (χ1n) is 8.68. The Morgan fingerprint density at radius 1 is 0.857 bits per heavy atom. The first-order valence-corrected chi connectivity index (χ1v) is 8.68. The van der Waals surface area contributed by atoms with E-state index in [1.807, 2.05) is 6.92 Å². The summed E-state index contributed by atoms with van der Waals surface area (Å²) in [4.78, 5) is 23.3. The topological polar surface area (TPSA) is 58.2 Å². The van der Waals surface area contributed by atoms with Crippen LogP contribution in [0, 0.1) is 0 Å². The van der Waals surface area contributed by atoms with Gasteiger partial charge in [-0.05, 0) is 19.8 Å². The highest BCUT2D eigenvalue weighted by molar-refractivity contribution is 5.87. The van der Waals surface area contributed by atoms with Gasteiger partial charge in [-0.1, -0.05) is 58.8 Å². The molecule has 2 N–H and O–H groups in total. The van der Waals surface area contributed by atoms with Crippen molar-refractivity contribution in [2.24, 2.45) is 0 Å². The lowest BCUT2D eigenvalue weighted by Gasteiger charge is -2.14. The molecule has 0 radical (unpaired) electrons. The van der Waals surface area contributed by atoms with Crippen LogP contribution in [0.25, 0.3) is 0 Å². The zero-order valence-electron chi connectivity index (χ0n) is 14.2. The van der Waals surface area contributed by atoms with Gasteiger partial charge in [0.05, 0.1) is 0 Å². The smallest absolute Gasteiger partial charge is 0.242 e. The third-order valence-corrected chi connectivity index (χ3v) is 3.61. The van der Waals surface area contributed by atoms with E-state index in [1.165, 1.54) is 38.5 Å². The van der Waals surface area contributed by atoms with Crippen molar-refractivity contribution in [3.63, 3.8) is 0 Å².